The van der Waals surface area contributed by atoms with Gasteiger partial charge in [-0.25, -0.2) is 10.5 Å². The Morgan fingerprint density at radius 2 is 1.78 bits per heavy atom. The number of esters is 1. The molecule has 6 N–H and O–H groups in total. The quantitative estimate of drug-likeness (QED) is 0.120. The molecule has 2 fully saturated rings. The molecule has 4 amide bonds. The van der Waals surface area contributed by atoms with Crippen molar-refractivity contribution in [1.82, 2.24) is 26.1 Å². The van der Waals surface area contributed by atoms with Crippen LogP contribution in [0.2, 0.25) is 0 Å². The van der Waals surface area contributed by atoms with Crippen molar-refractivity contribution in [2.75, 3.05) is 19.7 Å². The fourth-order valence-corrected chi connectivity index (χ4v) is 7.14. The number of carbonyl (C=O) groups is 6. The number of nitrogens with zero attached hydrogens (tertiary/aromatic N) is 2. The molecule has 8 atom stereocenters. The summed E-state index contributed by atoms with van der Waals surface area (Å²) in [6, 6.07) is 2.90. The molecule has 328 valence electrons. The van der Waals surface area contributed by atoms with E-state index in [4.69, 9.17) is 9.57 Å². The Labute approximate surface area is 351 Å². The fraction of sp³-hybridized carbons (Fsp3) is 0.545. The van der Waals surface area contributed by atoms with Gasteiger partial charge in [0.05, 0.1) is 31.3 Å². The molecule has 0 aliphatic carbocycles. The monoisotopic (exact) mass is 835 g/mol. The van der Waals surface area contributed by atoms with Gasteiger partial charge in [-0.2, -0.15) is 0 Å². The molecule has 1 unspecified atom stereocenters. The lowest BCUT2D eigenvalue weighted by Crippen LogP contribution is -2.62. The number of nitrogens with one attached hydrogen (secondary N) is 3. The largest absolute Gasteiger partial charge is 0.508 e. The maximum absolute atomic E-state index is 14.3. The Kier molecular flexibility index (Phi) is 18.2. The van der Waals surface area contributed by atoms with Crippen LogP contribution in [0.15, 0.2) is 72.4 Å². The number of hydrogen-bond donors (Lipinski definition) is 6. The second-order valence-corrected chi connectivity index (χ2v) is 16.0. The van der Waals surface area contributed by atoms with Crippen LogP contribution in [0.1, 0.15) is 78.7 Å². The van der Waals surface area contributed by atoms with E-state index < -0.39 is 77.9 Å². The number of carbonyl (C=O) groups excluding carboxylic acids is 6. The zero-order valence-electron chi connectivity index (χ0n) is 35.1. The zero-order chi connectivity index (χ0) is 43.9. The molecule has 0 saturated carbocycles. The van der Waals surface area contributed by atoms with E-state index in [1.54, 1.807) is 70.2 Å². The molecule has 60 heavy (non-hydrogen) atoms. The lowest BCUT2D eigenvalue weighted by atomic mass is 9.84. The molecule has 0 radical (unpaired) electrons. The summed E-state index contributed by atoms with van der Waals surface area (Å²) >= 11 is 0. The predicted octanol–water partition coefficient (Wildman–Crippen LogP) is 2.49. The highest BCUT2D eigenvalue weighted by atomic mass is 16.7. The number of aliphatic hydroxyl groups is 2. The first-order valence-corrected chi connectivity index (χ1v) is 20.7. The van der Waals surface area contributed by atoms with Gasteiger partial charge in [-0.15, -0.1) is 0 Å². The van der Waals surface area contributed by atoms with Gasteiger partial charge < -0.3 is 35.5 Å². The normalized spacial score (nSPS) is 29.3. The molecule has 16 heteroatoms. The number of hydrazine groups is 1. The van der Waals surface area contributed by atoms with Crippen LogP contribution in [0.4, 0.5) is 0 Å². The number of aromatic hydroxyl groups is 1. The minimum absolute atomic E-state index is 0.0298. The highest BCUT2D eigenvalue weighted by Crippen LogP contribution is 2.24. The van der Waals surface area contributed by atoms with Crippen LogP contribution < -0.4 is 16.1 Å². The first kappa shape index (κ1) is 47.5. The van der Waals surface area contributed by atoms with E-state index in [9.17, 15) is 44.1 Å². The van der Waals surface area contributed by atoms with E-state index in [0.29, 0.717) is 37.1 Å². The molecule has 16 nitrogen and oxygen atoms in total. The first-order valence-electron chi connectivity index (χ1n) is 20.7. The second-order valence-electron chi connectivity index (χ2n) is 16.0. The molecule has 0 aromatic heterocycles. The third-order valence-corrected chi connectivity index (χ3v) is 10.9. The van der Waals surface area contributed by atoms with Gasteiger partial charge in [0.2, 0.25) is 11.8 Å². The van der Waals surface area contributed by atoms with Crippen molar-refractivity contribution in [3.8, 4) is 5.75 Å². The number of benzene rings is 1. The van der Waals surface area contributed by atoms with Crippen molar-refractivity contribution in [3.63, 3.8) is 0 Å². The maximum atomic E-state index is 14.3. The van der Waals surface area contributed by atoms with Crippen molar-refractivity contribution >= 4 is 35.4 Å². The van der Waals surface area contributed by atoms with Crippen LogP contribution >= 0.6 is 0 Å². The van der Waals surface area contributed by atoms with E-state index in [1.165, 1.54) is 41.3 Å². The minimum Gasteiger partial charge on any atom is -0.508 e. The molecule has 0 spiro atoms. The predicted molar refractivity (Wildman–Crippen MR) is 221 cm³/mol. The van der Waals surface area contributed by atoms with Gasteiger partial charge in [-0.1, -0.05) is 69.4 Å². The zero-order valence-corrected chi connectivity index (χ0v) is 35.1. The summed E-state index contributed by atoms with van der Waals surface area (Å²) in [5, 5.41) is 40.8. The third kappa shape index (κ3) is 14.0. The number of ether oxygens (including phenoxy) is 1. The van der Waals surface area contributed by atoms with Crippen LogP contribution in [-0.4, -0.2) is 117 Å². The number of phenols is 1. The van der Waals surface area contributed by atoms with Crippen LogP contribution in [0.5, 0.6) is 5.75 Å². The lowest BCUT2D eigenvalue weighted by Gasteiger charge is -2.36. The minimum atomic E-state index is -1.42. The third-order valence-electron chi connectivity index (χ3n) is 10.9. The molecule has 2 bridgehead atoms. The number of aliphatic hydroxyl groups excluding tert-OH is 2. The number of cyclic esters (lactones) is 1. The highest BCUT2D eigenvalue weighted by Gasteiger charge is 2.38. The summed E-state index contributed by atoms with van der Waals surface area (Å²) in [6.07, 6.45) is 9.10. The fourth-order valence-electron chi connectivity index (χ4n) is 7.14. The number of rotatable bonds is 9. The Bertz CT molecular complexity index is 1800. The topological polar surface area (TPSA) is 224 Å². The van der Waals surface area contributed by atoms with Gasteiger partial charge in [0.25, 0.3) is 11.8 Å². The first-order chi connectivity index (χ1) is 28.5. The number of fused-ring (bicyclic) bond motifs is 2. The number of amides is 4. The van der Waals surface area contributed by atoms with Gasteiger partial charge >= 0.3 is 5.97 Å². The van der Waals surface area contributed by atoms with E-state index in [2.05, 4.69) is 16.1 Å². The van der Waals surface area contributed by atoms with Crippen LogP contribution in [0, 0.1) is 17.8 Å². The Morgan fingerprint density at radius 3 is 2.47 bits per heavy atom. The summed E-state index contributed by atoms with van der Waals surface area (Å²) in [5.41, 5.74) is 4.14. The number of hydroxylamine groups is 2. The molecular formula is C44H61N5O11. The molecule has 1 aromatic carbocycles. The summed E-state index contributed by atoms with van der Waals surface area (Å²) in [7, 11) is 0. The van der Waals surface area contributed by atoms with E-state index in [0.717, 1.165) is 6.42 Å². The van der Waals surface area contributed by atoms with Crippen molar-refractivity contribution in [3.05, 3.63) is 77.9 Å². The van der Waals surface area contributed by atoms with Crippen molar-refractivity contribution in [2.24, 2.45) is 17.8 Å². The second kappa shape index (κ2) is 23.0. The van der Waals surface area contributed by atoms with Crippen LogP contribution in [0.3, 0.4) is 0 Å². The SMILES string of the molecule is CC(=O)CC[C@H]1C(=O)N[C@@H](C(C)C)C(=O)N[C@@H](Cc2cccc(O)c2)C(=O)N2CCCC(N2)C(=O)O[C@H](/C(C)=C/C=C/C(=O)N2CCCO2)C/C=C/C=C/[C@H](O)[C@H](C)[C@H]1O. The molecule has 2 saturated heterocycles. The lowest BCUT2D eigenvalue weighted by molar-refractivity contribution is -0.162. The van der Waals surface area contributed by atoms with Gasteiger partial charge in [-0.05, 0) is 68.7 Å². The van der Waals surface area contributed by atoms with E-state index in [-0.39, 0.29) is 49.7 Å². The number of Topliss-reactive ketones (excluding diaryl/α,β-unsaturated/α-hetero) is 1. The Hall–Kier alpha value is -5.16. The molecule has 3 aliphatic heterocycles. The maximum Gasteiger partial charge on any atom is 0.325 e. The highest BCUT2D eigenvalue weighted by molar-refractivity contribution is 5.93. The van der Waals surface area contributed by atoms with Crippen molar-refractivity contribution in [1.29, 1.82) is 0 Å². The van der Waals surface area contributed by atoms with Gasteiger partial charge in [0.15, 0.2) is 0 Å². The van der Waals surface area contributed by atoms with Crippen LogP contribution in [0.25, 0.3) is 0 Å². The molecule has 3 aliphatic rings. The number of hydrogen-bond acceptors (Lipinski definition) is 12. The number of phenolic OH excluding ortho intramolecular Hbond substituents is 1. The van der Waals surface area contributed by atoms with Gasteiger partial charge in [0, 0.05) is 37.8 Å². The molecule has 4 rings (SSSR count). The standard InChI is InChI=1S/C44H61N5O11/c1-27(2)39-42(56)45-35(26-31-14-10-15-32(51)25-31)43(57)48-22-11-16-34(47-48)44(58)60-37(28(3)13-9-19-38(53)49-23-12-24-59-49)18-8-6-7-17-36(52)30(5)40(54)33(41(55)46-39)21-20-29(4)50/h6-10,13-15,17,19,25,27,30,33-37,39-40,47,51-52,54H,11-12,16,18,20-24,26H2,1-5H3,(H,45,56)(H,46,55)/b8-6+,17-7+,19-9+,28-13+/t30-,33+,34?,35-,36-,37-,39-,40+/m0/s1. The summed E-state index contributed by atoms with van der Waals surface area (Å²) in [6.45, 7) is 9.26. The summed E-state index contributed by atoms with van der Waals surface area (Å²) < 4.78 is 6.03. The molecule has 1 aromatic rings. The average Bonchev–Trinajstić information content (AvgIpc) is 3.76. The van der Waals surface area contributed by atoms with E-state index in [1.807, 2.05) is 0 Å². The van der Waals surface area contributed by atoms with E-state index >= 15 is 0 Å². The summed E-state index contributed by atoms with van der Waals surface area (Å²) in [4.78, 5) is 86.0. The van der Waals surface area contributed by atoms with Gasteiger partial charge in [-0.3, -0.25) is 33.8 Å². The van der Waals surface area contributed by atoms with Crippen LogP contribution in [-0.2, 0) is 44.8 Å². The Morgan fingerprint density at radius 1 is 1.02 bits per heavy atom. The van der Waals surface area contributed by atoms with Crippen molar-refractivity contribution in [2.45, 2.75) is 116 Å². The smallest absolute Gasteiger partial charge is 0.325 e. The Balaban J connectivity index is 1.70. The molecule has 3 heterocycles. The number of allylic oxidation sites excluding steroid dienone is 4. The number of ketones is 1. The summed E-state index contributed by atoms with van der Waals surface area (Å²) in [5.74, 6) is -5.71. The molecular weight excluding hydrogens is 775 g/mol. The van der Waals surface area contributed by atoms with Gasteiger partial charge in [0.1, 0.15) is 35.8 Å². The van der Waals surface area contributed by atoms with Crippen molar-refractivity contribution < 1.29 is 53.7 Å². The average molecular weight is 836 g/mol.